The molecule has 1 N–H and O–H groups in total. The summed E-state index contributed by atoms with van der Waals surface area (Å²) in [6, 6.07) is 9.67. The van der Waals surface area contributed by atoms with E-state index < -0.39 is 11.9 Å². The first-order valence-electron chi connectivity index (χ1n) is 8.25. The van der Waals surface area contributed by atoms with Gasteiger partial charge in [-0.2, -0.15) is 0 Å². The summed E-state index contributed by atoms with van der Waals surface area (Å²) >= 11 is 0. The average molecular weight is 313 g/mol. The topological polar surface area (TPSA) is 57.6 Å². The monoisotopic (exact) mass is 313 g/mol. The molecule has 2 atom stereocenters. The highest BCUT2D eigenvalue weighted by Crippen LogP contribution is 2.47. The number of nitrogens with zero attached hydrogens (tertiary/aromatic N) is 1. The van der Waals surface area contributed by atoms with Crippen LogP contribution in [0.2, 0.25) is 0 Å². The minimum absolute atomic E-state index is 0.119. The maximum absolute atomic E-state index is 13.0. The lowest BCUT2D eigenvalue weighted by atomic mass is 9.65. The van der Waals surface area contributed by atoms with Crippen LogP contribution in [0.25, 0.3) is 0 Å². The number of benzene rings is 1. The molecule has 0 spiro atoms. The van der Waals surface area contributed by atoms with E-state index in [0.29, 0.717) is 19.5 Å². The summed E-state index contributed by atoms with van der Waals surface area (Å²) in [6.45, 7) is 4.59. The van der Waals surface area contributed by atoms with Gasteiger partial charge in [0.2, 0.25) is 5.91 Å². The van der Waals surface area contributed by atoms with Gasteiger partial charge in [-0.1, -0.05) is 42.8 Å². The summed E-state index contributed by atoms with van der Waals surface area (Å²) in [7, 11) is 0. The normalized spacial score (nSPS) is 25.7. The van der Waals surface area contributed by atoms with Crippen LogP contribution < -0.4 is 0 Å². The maximum atomic E-state index is 13.0. The van der Waals surface area contributed by atoms with Crippen molar-refractivity contribution < 1.29 is 14.7 Å². The van der Waals surface area contributed by atoms with E-state index in [1.165, 1.54) is 0 Å². The van der Waals surface area contributed by atoms with Crippen molar-refractivity contribution in [1.82, 2.24) is 4.90 Å². The van der Waals surface area contributed by atoms with Gasteiger partial charge in [-0.3, -0.25) is 9.59 Å². The van der Waals surface area contributed by atoms with Crippen LogP contribution in [0.15, 0.2) is 43.0 Å². The third kappa shape index (κ3) is 2.78. The summed E-state index contributed by atoms with van der Waals surface area (Å²) in [5, 5.41) is 9.57. The number of carbonyl (C=O) groups excluding carboxylic acids is 1. The predicted molar refractivity (Wildman–Crippen MR) is 88.0 cm³/mol. The molecule has 0 bridgehead atoms. The summed E-state index contributed by atoms with van der Waals surface area (Å²) in [4.78, 5) is 26.4. The first-order chi connectivity index (χ1) is 11.1. The van der Waals surface area contributed by atoms with E-state index in [9.17, 15) is 14.7 Å². The van der Waals surface area contributed by atoms with Crippen molar-refractivity contribution in [3.05, 3.63) is 48.6 Å². The van der Waals surface area contributed by atoms with Crippen molar-refractivity contribution in [3.63, 3.8) is 0 Å². The number of carboxylic acids is 1. The van der Waals surface area contributed by atoms with E-state index in [1.54, 1.807) is 4.90 Å². The molecular formula is C19H23NO3. The number of hydrogen-bond donors (Lipinski definition) is 1. The third-order valence-electron chi connectivity index (χ3n) is 5.45. The molecule has 1 heterocycles. The highest BCUT2D eigenvalue weighted by Gasteiger charge is 2.49. The highest BCUT2D eigenvalue weighted by molar-refractivity contribution is 5.85. The van der Waals surface area contributed by atoms with Crippen LogP contribution >= 0.6 is 0 Å². The van der Waals surface area contributed by atoms with Crippen molar-refractivity contribution in [2.24, 2.45) is 11.3 Å². The molecule has 2 unspecified atom stereocenters. The number of likely N-dealkylation sites (tertiary alicyclic amines) is 1. The zero-order valence-corrected chi connectivity index (χ0v) is 13.3. The molecular weight excluding hydrogens is 290 g/mol. The Kier molecular flexibility index (Phi) is 4.24. The number of hydrogen-bond acceptors (Lipinski definition) is 2. The standard InChI is InChI=1S/C19H23NO3/c1-2-9-19(10-6-11-19)18(23)20-12-15(16(13-20)17(21)22)14-7-4-3-5-8-14/h2-5,7-8,15-16H,1,6,9-13H2,(H,21,22). The number of amides is 1. The Morgan fingerprint density at radius 1 is 1.26 bits per heavy atom. The smallest absolute Gasteiger partial charge is 0.308 e. The fourth-order valence-electron chi connectivity index (χ4n) is 3.98. The molecule has 1 aromatic carbocycles. The van der Waals surface area contributed by atoms with Gasteiger partial charge in [0.15, 0.2) is 0 Å². The molecule has 122 valence electrons. The van der Waals surface area contributed by atoms with E-state index in [0.717, 1.165) is 24.8 Å². The lowest BCUT2D eigenvalue weighted by Crippen LogP contribution is -2.47. The molecule has 1 aliphatic carbocycles. The quantitative estimate of drug-likeness (QED) is 0.850. The molecule has 3 rings (SSSR count). The minimum Gasteiger partial charge on any atom is -0.481 e. The Hall–Kier alpha value is -2.10. The molecule has 4 heteroatoms. The van der Waals surface area contributed by atoms with Gasteiger partial charge in [0, 0.05) is 19.0 Å². The molecule has 1 aliphatic heterocycles. The van der Waals surface area contributed by atoms with Crippen LogP contribution in [0.5, 0.6) is 0 Å². The zero-order valence-electron chi connectivity index (χ0n) is 13.3. The molecule has 2 aliphatic rings. The van der Waals surface area contributed by atoms with Gasteiger partial charge in [-0.05, 0) is 24.8 Å². The molecule has 23 heavy (non-hydrogen) atoms. The van der Waals surface area contributed by atoms with Gasteiger partial charge in [0.05, 0.1) is 11.3 Å². The molecule has 0 aromatic heterocycles. The Bertz CT molecular complexity index is 606. The fourth-order valence-corrected chi connectivity index (χ4v) is 3.98. The second kappa shape index (κ2) is 6.19. The van der Waals surface area contributed by atoms with Crippen molar-refractivity contribution in [3.8, 4) is 0 Å². The van der Waals surface area contributed by atoms with Gasteiger partial charge in [-0.15, -0.1) is 6.58 Å². The van der Waals surface area contributed by atoms with Crippen LogP contribution in [0.1, 0.15) is 37.2 Å². The van der Waals surface area contributed by atoms with Crippen LogP contribution in [-0.4, -0.2) is 35.0 Å². The van der Waals surface area contributed by atoms with E-state index in [-0.39, 0.29) is 17.2 Å². The van der Waals surface area contributed by atoms with Gasteiger partial charge in [0.1, 0.15) is 0 Å². The molecule has 1 saturated heterocycles. The van der Waals surface area contributed by atoms with E-state index in [1.807, 2.05) is 36.4 Å². The fraction of sp³-hybridized carbons (Fsp3) is 0.474. The third-order valence-corrected chi connectivity index (χ3v) is 5.45. The van der Waals surface area contributed by atoms with Crippen molar-refractivity contribution >= 4 is 11.9 Å². The molecule has 0 radical (unpaired) electrons. The van der Waals surface area contributed by atoms with Crippen molar-refractivity contribution in [2.45, 2.75) is 31.6 Å². The van der Waals surface area contributed by atoms with Gasteiger partial charge >= 0.3 is 5.97 Å². The second-order valence-corrected chi connectivity index (χ2v) is 6.80. The lowest BCUT2D eigenvalue weighted by Gasteiger charge is -2.42. The lowest BCUT2D eigenvalue weighted by molar-refractivity contribution is -0.147. The largest absolute Gasteiger partial charge is 0.481 e. The zero-order chi connectivity index (χ0) is 16.4. The Morgan fingerprint density at radius 2 is 1.96 bits per heavy atom. The molecule has 4 nitrogen and oxygen atoms in total. The van der Waals surface area contributed by atoms with Crippen molar-refractivity contribution in [1.29, 1.82) is 0 Å². The molecule has 1 amide bonds. The number of allylic oxidation sites excluding steroid dienone is 1. The Labute approximate surface area is 136 Å². The van der Waals surface area contributed by atoms with E-state index >= 15 is 0 Å². The highest BCUT2D eigenvalue weighted by atomic mass is 16.4. The Morgan fingerprint density at radius 3 is 2.48 bits per heavy atom. The first-order valence-corrected chi connectivity index (χ1v) is 8.25. The van der Waals surface area contributed by atoms with E-state index in [4.69, 9.17) is 0 Å². The summed E-state index contributed by atoms with van der Waals surface area (Å²) in [6.07, 6.45) is 5.36. The summed E-state index contributed by atoms with van der Waals surface area (Å²) < 4.78 is 0. The van der Waals surface area contributed by atoms with E-state index in [2.05, 4.69) is 6.58 Å². The average Bonchev–Trinajstić information content (AvgIpc) is 2.96. The number of rotatable bonds is 5. The molecule has 1 saturated carbocycles. The second-order valence-electron chi connectivity index (χ2n) is 6.80. The first kappa shape index (κ1) is 15.8. The van der Waals surface area contributed by atoms with Crippen LogP contribution in [-0.2, 0) is 9.59 Å². The van der Waals surface area contributed by atoms with Gasteiger partial charge in [-0.25, -0.2) is 0 Å². The van der Waals surface area contributed by atoms with Gasteiger partial charge < -0.3 is 10.0 Å². The Balaban J connectivity index is 1.82. The predicted octanol–water partition coefficient (Wildman–Crippen LogP) is 3.06. The van der Waals surface area contributed by atoms with Crippen LogP contribution in [0, 0.1) is 11.3 Å². The van der Waals surface area contributed by atoms with Gasteiger partial charge in [0.25, 0.3) is 0 Å². The van der Waals surface area contributed by atoms with Crippen LogP contribution in [0.3, 0.4) is 0 Å². The number of carboxylic acid groups (broad SMARTS) is 1. The molecule has 2 fully saturated rings. The summed E-state index contributed by atoms with van der Waals surface area (Å²) in [5.41, 5.74) is 0.678. The number of aliphatic carboxylic acids is 1. The van der Waals surface area contributed by atoms with Crippen molar-refractivity contribution in [2.75, 3.05) is 13.1 Å². The SMILES string of the molecule is C=CCC1(C(=O)N2CC(C(=O)O)C(c3ccccc3)C2)CCC1. The maximum Gasteiger partial charge on any atom is 0.308 e. The minimum atomic E-state index is -0.819. The molecule has 1 aromatic rings. The summed E-state index contributed by atoms with van der Waals surface area (Å²) in [5.74, 6) is -1.35. The van der Waals surface area contributed by atoms with Crippen LogP contribution in [0.4, 0.5) is 0 Å². The number of carbonyl (C=O) groups is 2.